The Morgan fingerprint density at radius 2 is 1.56 bits per heavy atom. The molecule has 4 nitrogen and oxygen atoms in total. The van der Waals surface area contributed by atoms with Crippen LogP contribution in [0.4, 0.5) is 4.79 Å². The summed E-state index contributed by atoms with van der Waals surface area (Å²) in [7, 11) is 0. The van der Waals surface area contributed by atoms with Crippen LogP contribution in [0.2, 0.25) is 0 Å². The Balaban J connectivity index is 1.82. The van der Waals surface area contributed by atoms with Crippen molar-refractivity contribution >= 4 is 11.9 Å². The largest absolute Gasteiger partial charge is 0.325 e. The van der Waals surface area contributed by atoms with Crippen LogP contribution in [-0.2, 0) is 4.79 Å². The van der Waals surface area contributed by atoms with Crippen molar-refractivity contribution in [1.82, 2.24) is 10.2 Å². The molecule has 0 bridgehead atoms. The van der Waals surface area contributed by atoms with Crippen LogP contribution < -0.4 is 5.32 Å². The summed E-state index contributed by atoms with van der Waals surface area (Å²) in [6.45, 7) is 0. The smallest absolute Gasteiger partial charge is 0.323 e. The molecule has 3 amide bonds. The molecule has 100 valence electrons. The van der Waals surface area contributed by atoms with Crippen LogP contribution >= 0.6 is 0 Å². The Morgan fingerprint density at radius 3 is 2.17 bits per heavy atom. The van der Waals surface area contributed by atoms with Gasteiger partial charge >= 0.3 is 6.03 Å². The summed E-state index contributed by atoms with van der Waals surface area (Å²) in [5, 5.41) is 3.02. The minimum atomic E-state index is -0.545. The van der Waals surface area contributed by atoms with Crippen molar-refractivity contribution in [2.24, 2.45) is 0 Å². The number of carbonyl (C=O) groups is 2. The zero-order chi connectivity index (χ0) is 12.6. The molecule has 18 heavy (non-hydrogen) atoms. The Labute approximate surface area is 108 Å². The van der Waals surface area contributed by atoms with Gasteiger partial charge in [-0.2, -0.15) is 0 Å². The second-order valence-corrected chi connectivity index (χ2v) is 6.04. The lowest BCUT2D eigenvalue weighted by molar-refractivity contribution is -0.133. The third kappa shape index (κ3) is 1.82. The Kier molecular flexibility index (Phi) is 3.04. The van der Waals surface area contributed by atoms with Crippen LogP contribution in [0.5, 0.6) is 0 Å². The van der Waals surface area contributed by atoms with E-state index in [4.69, 9.17) is 0 Å². The molecular weight excluding hydrogens is 228 g/mol. The summed E-state index contributed by atoms with van der Waals surface area (Å²) >= 11 is 0. The normalized spacial score (nSPS) is 28.8. The fourth-order valence-electron chi connectivity index (χ4n) is 3.81. The number of carbonyl (C=O) groups excluding carboxylic acids is 2. The highest BCUT2D eigenvalue weighted by molar-refractivity contribution is 6.07. The van der Waals surface area contributed by atoms with Crippen molar-refractivity contribution in [3.63, 3.8) is 0 Å². The molecule has 1 spiro atoms. The van der Waals surface area contributed by atoms with Crippen molar-refractivity contribution in [3.05, 3.63) is 0 Å². The van der Waals surface area contributed by atoms with E-state index in [1.807, 2.05) is 0 Å². The van der Waals surface area contributed by atoms with E-state index in [0.29, 0.717) is 0 Å². The average Bonchev–Trinajstić information content (AvgIpc) is 2.84. The Bertz CT molecular complexity index is 353. The molecule has 1 heterocycles. The van der Waals surface area contributed by atoms with E-state index in [1.165, 1.54) is 12.8 Å². The van der Waals surface area contributed by atoms with E-state index >= 15 is 0 Å². The second-order valence-electron chi connectivity index (χ2n) is 6.04. The maximum atomic E-state index is 12.7. The molecule has 0 atom stereocenters. The van der Waals surface area contributed by atoms with Gasteiger partial charge in [-0.1, -0.05) is 38.5 Å². The lowest BCUT2D eigenvalue weighted by Crippen LogP contribution is -2.47. The van der Waals surface area contributed by atoms with E-state index in [2.05, 4.69) is 5.32 Å². The minimum absolute atomic E-state index is 0.0706. The number of nitrogens with zero attached hydrogens (tertiary/aromatic N) is 1. The number of hydrogen-bond acceptors (Lipinski definition) is 2. The van der Waals surface area contributed by atoms with E-state index in [9.17, 15) is 9.59 Å². The third-order valence-corrected chi connectivity index (χ3v) is 4.84. The minimum Gasteiger partial charge on any atom is -0.323 e. The molecule has 0 aromatic carbocycles. The average molecular weight is 250 g/mol. The summed E-state index contributed by atoms with van der Waals surface area (Å²) in [5.41, 5.74) is -0.545. The van der Waals surface area contributed by atoms with Crippen molar-refractivity contribution in [2.75, 3.05) is 0 Å². The molecule has 2 saturated carbocycles. The first-order valence-corrected chi connectivity index (χ1v) is 7.39. The number of amides is 3. The molecule has 1 saturated heterocycles. The van der Waals surface area contributed by atoms with Gasteiger partial charge in [0.05, 0.1) is 0 Å². The predicted molar refractivity (Wildman–Crippen MR) is 68.1 cm³/mol. The number of imide groups is 1. The SMILES string of the molecule is O=C1NC2(CCCCCC2)C(=O)N1C1CCCC1. The van der Waals surface area contributed by atoms with Gasteiger partial charge in [0.2, 0.25) is 0 Å². The van der Waals surface area contributed by atoms with Crippen LogP contribution in [0, 0.1) is 0 Å². The van der Waals surface area contributed by atoms with Crippen LogP contribution in [0.25, 0.3) is 0 Å². The fraction of sp³-hybridized carbons (Fsp3) is 0.857. The zero-order valence-electron chi connectivity index (χ0n) is 10.9. The van der Waals surface area contributed by atoms with Crippen LogP contribution in [0.1, 0.15) is 64.2 Å². The molecular formula is C14H22N2O2. The van der Waals surface area contributed by atoms with Gasteiger partial charge in [0.25, 0.3) is 5.91 Å². The highest BCUT2D eigenvalue weighted by atomic mass is 16.2. The Morgan fingerprint density at radius 1 is 0.944 bits per heavy atom. The third-order valence-electron chi connectivity index (χ3n) is 4.84. The number of urea groups is 1. The number of hydrogen-bond donors (Lipinski definition) is 1. The standard InChI is InChI=1S/C14H22N2O2/c17-12-14(9-5-1-2-6-10-14)15-13(18)16(12)11-7-3-4-8-11/h11H,1-10H2,(H,15,18). The first kappa shape index (κ1) is 12.0. The second kappa shape index (κ2) is 4.56. The highest BCUT2D eigenvalue weighted by Crippen LogP contribution is 2.36. The molecule has 0 unspecified atom stereocenters. The number of nitrogens with one attached hydrogen (secondary N) is 1. The van der Waals surface area contributed by atoms with Crippen molar-refractivity contribution in [3.8, 4) is 0 Å². The van der Waals surface area contributed by atoms with Crippen molar-refractivity contribution in [2.45, 2.75) is 75.8 Å². The lowest BCUT2D eigenvalue weighted by atomic mass is 9.90. The molecule has 3 rings (SSSR count). The molecule has 0 aromatic heterocycles. The zero-order valence-corrected chi connectivity index (χ0v) is 10.9. The summed E-state index contributed by atoms with van der Waals surface area (Å²) in [6.07, 6.45) is 10.5. The van der Waals surface area contributed by atoms with Gasteiger partial charge in [-0.25, -0.2) is 4.79 Å². The monoisotopic (exact) mass is 250 g/mol. The maximum absolute atomic E-state index is 12.7. The van der Waals surface area contributed by atoms with Crippen LogP contribution in [0.3, 0.4) is 0 Å². The molecule has 4 heteroatoms. The van der Waals surface area contributed by atoms with Gasteiger partial charge in [-0.05, 0) is 25.7 Å². The summed E-state index contributed by atoms with van der Waals surface area (Å²) < 4.78 is 0. The number of rotatable bonds is 1. The fourth-order valence-corrected chi connectivity index (χ4v) is 3.81. The first-order valence-electron chi connectivity index (χ1n) is 7.39. The van der Waals surface area contributed by atoms with E-state index < -0.39 is 5.54 Å². The molecule has 3 aliphatic rings. The predicted octanol–water partition coefficient (Wildman–Crippen LogP) is 2.57. The van der Waals surface area contributed by atoms with E-state index in [0.717, 1.165) is 51.4 Å². The van der Waals surface area contributed by atoms with Crippen LogP contribution in [0.15, 0.2) is 0 Å². The summed E-state index contributed by atoms with van der Waals surface area (Å²) in [4.78, 5) is 26.4. The van der Waals surface area contributed by atoms with Gasteiger partial charge in [0, 0.05) is 6.04 Å². The van der Waals surface area contributed by atoms with Gasteiger partial charge in [0.15, 0.2) is 0 Å². The molecule has 1 N–H and O–H groups in total. The van der Waals surface area contributed by atoms with Gasteiger partial charge < -0.3 is 5.32 Å². The van der Waals surface area contributed by atoms with Crippen molar-refractivity contribution in [1.29, 1.82) is 0 Å². The lowest BCUT2D eigenvalue weighted by Gasteiger charge is -2.26. The quantitative estimate of drug-likeness (QED) is 0.727. The molecule has 1 aliphatic heterocycles. The first-order chi connectivity index (χ1) is 8.73. The van der Waals surface area contributed by atoms with Gasteiger partial charge in [-0.3, -0.25) is 9.69 Å². The Hall–Kier alpha value is -1.06. The van der Waals surface area contributed by atoms with E-state index in [1.54, 1.807) is 4.90 Å². The topological polar surface area (TPSA) is 49.4 Å². The van der Waals surface area contributed by atoms with Crippen LogP contribution in [-0.4, -0.2) is 28.4 Å². The maximum Gasteiger partial charge on any atom is 0.325 e. The van der Waals surface area contributed by atoms with Crippen molar-refractivity contribution < 1.29 is 9.59 Å². The summed E-state index contributed by atoms with van der Waals surface area (Å²) in [6, 6.07) is 0.0360. The molecule has 2 aliphatic carbocycles. The van der Waals surface area contributed by atoms with Gasteiger partial charge in [-0.15, -0.1) is 0 Å². The summed E-state index contributed by atoms with van der Waals surface area (Å²) in [5.74, 6) is 0.0706. The molecule has 3 fully saturated rings. The molecule has 0 radical (unpaired) electrons. The molecule has 0 aromatic rings. The highest BCUT2D eigenvalue weighted by Gasteiger charge is 2.52. The van der Waals surface area contributed by atoms with E-state index in [-0.39, 0.29) is 18.0 Å². The van der Waals surface area contributed by atoms with Gasteiger partial charge in [0.1, 0.15) is 5.54 Å².